The quantitative estimate of drug-likeness (QED) is 0.470. The van der Waals surface area contributed by atoms with Crippen LogP contribution in [-0.2, 0) is 35.1 Å². The lowest BCUT2D eigenvalue weighted by Crippen LogP contribution is -2.52. The summed E-state index contributed by atoms with van der Waals surface area (Å²) in [5.41, 5.74) is 0.621. The molecule has 0 aliphatic heterocycles. The number of benzene rings is 1. The van der Waals surface area contributed by atoms with E-state index in [2.05, 4.69) is 20.1 Å². The van der Waals surface area contributed by atoms with Crippen LogP contribution in [0.5, 0.6) is 0 Å². The van der Waals surface area contributed by atoms with Gasteiger partial charge in [-0.15, -0.1) is 0 Å². The molecule has 0 saturated carbocycles. The molecule has 0 unspecified atom stereocenters. The van der Waals surface area contributed by atoms with E-state index in [0.717, 1.165) is 13.2 Å². The molecule has 1 aromatic rings. The fourth-order valence-electron chi connectivity index (χ4n) is 2.31. The summed E-state index contributed by atoms with van der Waals surface area (Å²) in [5.74, 6) is -2.81. The van der Waals surface area contributed by atoms with Gasteiger partial charge in [0.2, 0.25) is 11.8 Å². The Bertz CT molecular complexity index is 732. The highest BCUT2D eigenvalue weighted by molar-refractivity contribution is 5.90. The molecule has 0 aliphatic carbocycles. The van der Waals surface area contributed by atoms with Gasteiger partial charge in [-0.25, -0.2) is 14.0 Å². The van der Waals surface area contributed by atoms with Crippen molar-refractivity contribution in [3.8, 4) is 0 Å². The van der Waals surface area contributed by atoms with Crippen molar-refractivity contribution in [1.29, 1.82) is 0 Å². The summed E-state index contributed by atoms with van der Waals surface area (Å²) in [6.07, 6.45) is 2.56. The topological polar surface area (TPSA) is 111 Å². The molecule has 8 nitrogen and oxygen atoms in total. The SMILES string of the molecule is COC(=O)/C=C/C[C@@H](NC(=O)[C@@H](Cc1ccc(F)cc1)NC(C)=O)C(=O)OC. The number of rotatable bonds is 9. The van der Waals surface area contributed by atoms with Crippen LogP contribution in [0.3, 0.4) is 0 Å². The standard InChI is InChI=1S/C19H23FN2O6/c1-12(23)21-16(11-13-7-9-14(20)10-8-13)18(25)22-15(19(26)28-3)5-4-6-17(24)27-2/h4,6-10,15-16H,5,11H2,1-3H3,(H,21,23)(H,22,25)/b6-4+/t15-,16-/m1/s1. The van der Waals surface area contributed by atoms with Crippen molar-refractivity contribution in [2.24, 2.45) is 0 Å². The lowest BCUT2D eigenvalue weighted by molar-refractivity contribution is -0.145. The monoisotopic (exact) mass is 394 g/mol. The molecule has 152 valence electrons. The molecule has 0 aliphatic rings. The number of carbonyl (C=O) groups excluding carboxylic acids is 4. The number of ether oxygens (including phenoxy) is 2. The third-order valence-electron chi connectivity index (χ3n) is 3.68. The molecule has 0 aromatic heterocycles. The normalized spacial score (nSPS) is 12.7. The minimum absolute atomic E-state index is 0.0170. The molecule has 2 N–H and O–H groups in total. The average Bonchev–Trinajstić information content (AvgIpc) is 2.67. The minimum atomic E-state index is -1.07. The highest BCUT2D eigenvalue weighted by Crippen LogP contribution is 2.07. The highest BCUT2D eigenvalue weighted by atomic mass is 19.1. The second kappa shape index (κ2) is 11.5. The molecular formula is C19H23FN2O6. The molecular weight excluding hydrogens is 371 g/mol. The summed E-state index contributed by atoms with van der Waals surface area (Å²) in [6, 6.07) is 3.42. The Hall–Kier alpha value is -3.23. The van der Waals surface area contributed by atoms with E-state index in [-0.39, 0.29) is 12.8 Å². The summed E-state index contributed by atoms with van der Waals surface area (Å²) >= 11 is 0. The van der Waals surface area contributed by atoms with Crippen LogP contribution in [0.4, 0.5) is 4.39 Å². The van der Waals surface area contributed by atoms with Gasteiger partial charge in [-0.3, -0.25) is 9.59 Å². The second-order valence-electron chi connectivity index (χ2n) is 5.83. The predicted octanol–water partition coefficient (Wildman–Crippen LogP) is 0.650. The van der Waals surface area contributed by atoms with Crippen molar-refractivity contribution in [3.05, 3.63) is 47.8 Å². The Morgan fingerprint density at radius 2 is 1.68 bits per heavy atom. The lowest BCUT2D eigenvalue weighted by Gasteiger charge is -2.21. The minimum Gasteiger partial charge on any atom is -0.467 e. The molecule has 0 radical (unpaired) electrons. The van der Waals surface area contributed by atoms with E-state index in [1.807, 2.05) is 0 Å². The van der Waals surface area contributed by atoms with Crippen LogP contribution < -0.4 is 10.6 Å². The zero-order valence-electron chi connectivity index (χ0n) is 15.9. The first-order chi connectivity index (χ1) is 13.3. The molecule has 0 saturated heterocycles. The van der Waals surface area contributed by atoms with Crippen molar-refractivity contribution in [3.63, 3.8) is 0 Å². The first kappa shape index (κ1) is 22.8. The van der Waals surface area contributed by atoms with E-state index in [1.165, 1.54) is 44.4 Å². The van der Waals surface area contributed by atoms with Gasteiger partial charge in [0.1, 0.15) is 17.9 Å². The van der Waals surface area contributed by atoms with Gasteiger partial charge < -0.3 is 20.1 Å². The number of halogens is 1. The Kier molecular flexibility index (Phi) is 9.35. The Balaban J connectivity index is 2.89. The molecule has 0 bridgehead atoms. The van der Waals surface area contributed by atoms with Crippen LogP contribution in [0.25, 0.3) is 0 Å². The number of amides is 2. The Morgan fingerprint density at radius 3 is 2.21 bits per heavy atom. The molecule has 28 heavy (non-hydrogen) atoms. The average molecular weight is 394 g/mol. The number of esters is 2. The van der Waals surface area contributed by atoms with Crippen LogP contribution >= 0.6 is 0 Å². The van der Waals surface area contributed by atoms with Gasteiger partial charge in [-0.1, -0.05) is 18.2 Å². The van der Waals surface area contributed by atoms with Gasteiger partial charge in [0.15, 0.2) is 0 Å². The molecule has 0 heterocycles. The van der Waals surface area contributed by atoms with Crippen molar-refractivity contribution >= 4 is 23.8 Å². The van der Waals surface area contributed by atoms with Gasteiger partial charge in [-0.05, 0) is 24.1 Å². The van der Waals surface area contributed by atoms with E-state index in [4.69, 9.17) is 0 Å². The summed E-state index contributed by atoms with van der Waals surface area (Å²) in [6.45, 7) is 1.25. The number of hydrogen-bond donors (Lipinski definition) is 2. The van der Waals surface area contributed by atoms with E-state index in [1.54, 1.807) is 0 Å². The lowest BCUT2D eigenvalue weighted by atomic mass is 10.0. The Morgan fingerprint density at radius 1 is 1.04 bits per heavy atom. The second-order valence-corrected chi connectivity index (χ2v) is 5.83. The van der Waals surface area contributed by atoms with Crippen molar-refractivity contribution in [2.75, 3.05) is 14.2 Å². The number of nitrogens with one attached hydrogen (secondary N) is 2. The van der Waals surface area contributed by atoms with Crippen molar-refractivity contribution in [1.82, 2.24) is 10.6 Å². The highest BCUT2D eigenvalue weighted by Gasteiger charge is 2.26. The predicted molar refractivity (Wildman–Crippen MR) is 97.4 cm³/mol. The molecule has 2 atom stereocenters. The van der Waals surface area contributed by atoms with Crippen LogP contribution in [0, 0.1) is 5.82 Å². The van der Waals surface area contributed by atoms with E-state index in [0.29, 0.717) is 5.56 Å². The van der Waals surface area contributed by atoms with E-state index < -0.39 is 41.7 Å². The Labute approximate surface area is 162 Å². The van der Waals surface area contributed by atoms with Gasteiger partial charge in [-0.2, -0.15) is 0 Å². The fourth-order valence-corrected chi connectivity index (χ4v) is 2.31. The zero-order chi connectivity index (χ0) is 21.1. The summed E-state index contributed by atoms with van der Waals surface area (Å²) < 4.78 is 22.2. The van der Waals surface area contributed by atoms with Crippen LogP contribution in [0.15, 0.2) is 36.4 Å². The van der Waals surface area contributed by atoms with Crippen molar-refractivity contribution in [2.45, 2.75) is 31.8 Å². The number of carbonyl (C=O) groups is 4. The first-order valence-electron chi connectivity index (χ1n) is 8.41. The number of methoxy groups -OCH3 is 2. The van der Waals surface area contributed by atoms with Crippen LogP contribution in [0.2, 0.25) is 0 Å². The van der Waals surface area contributed by atoms with Gasteiger partial charge in [0.25, 0.3) is 0 Å². The van der Waals surface area contributed by atoms with E-state index in [9.17, 15) is 23.6 Å². The maximum absolute atomic E-state index is 13.1. The summed E-state index contributed by atoms with van der Waals surface area (Å²) in [5, 5.41) is 4.99. The maximum atomic E-state index is 13.1. The van der Waals surface area contributed by atoms with Gasteiger partial charge >= 0.3 is 11.9 Å². The largest absolute Gasteiger partial charge is 0.467 e. The van der Waals surface area contributed by atoms with E-state index >= 15 is 0 Å². The third kappa shape index (κ3) is 7.98. The third-order valence-corrected chi connectivity index (χ3v) is 3.68. The first-order valence-corrected chi connectivity index (χ1v) is 8.41. The molecule has 0 spiro atoms. The summed E-state index contributed by atoms with van der Waals surface area (Å²) in [4.78, 5) is 47.1. The fraction of sp³-hybridized carbons (Fsp3) is 0.368. The molecule has 1 rings (SSSR count). The van der Waals surface area contributed by atoms with Gasteiger partial charge in [0.05, 0.1) is 14.2 Å². The van der Waals surface area contributed by atoms with Crippen LogP contribution in [0.1, 0.15) is 18.9 Å². The number of hydrogen-bond acceptors (Lipinski definition) is 6. The summed E-state index contributed by atoms with van der Waals surface area (Å²) in [7, 11) is 2.37. The molecule has 9 heteroatoms. The maximum Gasteiger partial charge on any atom is 0.330 e. The zero-order valence-corrected chi connectivity index (χ0v) is 15.9. The van der Waals surface area contributed by atoms with Crippen molar-refractivity contribution < 1.29 is 33.0 Å². The smallest absolute Gasteiger partial charge is 0.330 e. The van der Waals surface area contributed by atoms with Crippen LogP contribution in [-0.4, -0.2) is 50.1 Å². The molecule has 2 amide bonds. The molecule has 1 aromatic carbocycles. The van der Waals surface area contributed by atoms with Gasteiger partial charge in [0, 0.05) is 19.4 Å². The molecule has 0 fully saturated rings.